The zero-order valence-corrected chi connectivity index (χ0v) is 15.1. The van der Waals surface area contributed by atoms with Gasteiger partial charge in [-0.05, 0) is 17.7 Å². The zero-order chi connectivity index (χ0) is 20.1. The molecule has 0 radical (unpaired) electrons. The molecule has 2 atom stereocenters. The third-order valence-corrected chi connectivity index (χ3v) is 4.50. The summed E-state index contributed by atoms with van der Waals surface area (Å²) >= 11 is 0. The molecule has 2 amide bonds. The third kappa shape index (κ3) is 4.70. The Morgan fingerprint density at radius 1 is 1.21 bits per heavy atom. The van der Waals surface area contributed by atoms with Gasteiger partial charge in [0.1, 0.15) is 24.2 Å². The minimum atomic E-state index is -1.51. The molecule has 8 heteroatoms. The summed E-state index contributed by atoms with van der Waals surface area (Å²) in [6.07, 6.45) is -3.39. The first-order valence-electron chi connectivity index (χ1n) is 8.83. The highest BCUT2D eigenvalue weighted by Crippen LogP contribution is 2.29. The molecule has 1 heterocycles. The van der Waals surface area contributed by atoms with Gasteiger partial charge in [-0.25, -0.2) is 9.18 Å². The SMILES string of the molecule is NC(=O)c1ccc(OCc2ccccc2)cc1O[C@H]1CCN(C(=O)O)C[C@@H]1F. The van der Waals surface area contributed by atoms with Crippen molar-refractivity contribution < 1.29 is 28.6 Å². The largest absolute Gasteiger partial charge is 0.489 e. The molecule has 3 N–H and O–H groups in total. The van der Waals surface area contributed by atoms with E-state index in [1.54, 1.807) is 6.07 Å². The first kappa shape index (κ1) is 19.5. The van der Waals surface area contributed by atoms with Crippen molar-refractivity contribution in [3.63, 3.8) is 0 Å². The Bertz CT molecular complexity index is 846. The predicted molar refractivity (Wildman–Crippen MR) is 99.3 cm³/mol. The minimum Gasteiger partial charge on any atom is -0.489 e. The van der Waals surface area contributed by atoms with Gasteiger partial charge in [0, 0.05) is 19.0 Å². The first-order valence-corrected chi connectivity index (χ1v) is 8.83. The Kier molecular flexibility index (Phi) is 5.98. The molecule has 0 spiro atoms. The molecule has 1 fully saturated rings. The Morgan fingerprint density at radius 2 is 1.96 bits per heavy atom. The lowest BCUT2D eigenvalue weighted by Crippen LogP contribution is -2.48. The van der Waals surface area contributed by atoms with E-state index < -0.39 is 24.3 Å². The maximum Gasteiger partial charge on any atom is 0.407 e. The van der Waals surface area contributed by atoms with Gasteiger partial charge in [-0.2, -0.15) is 0 Å². The van der Waals surface area contributed by atoms with E-state index >= 15 is 0 Å². The van der Waals surface area contributed by atoms with Gasteiger partial charge < -0.3 is 25.2 Å². The quantitative estimate of drug-likeness (QED) is 0.792. The smallest absolute Gasteiger partial charge is 0.407 e. The Labute approximate surface area is 161 Å². The minimum absolute atomic E-state index is 0.111. The van der Waals surface area contributed by atoms with E-state index in [-0.39, 0.29) is 30.8 Å². The fourth-order valence-electron chi connectivity index (χ4n) is 2.99. The van der Waals surface area contributed by atoms with Gasteiger partial charge in [0.05, 0.1) is 12.1 Å². The highest BCUT2D eigenvalue weighted by Gasteiger charge is 2.33. The zero-order valence-electron chi connectivity index (χ0n) is 15.1. The van der Waals surface area contributed by atoms with Gasteiger partial charge in [0.15, 0.2) is 6.17 Å². The van der Waals surface area contributed by atoms with Crippen molar-refractivity contribution in [2.75, 3.05) is 13.1 Å². The van der Waals surface area contributed by atoms with Gasteiger partial charge in [-0.15, -0.1) is 0 Å². The summed E-state index contributed by atoms with van der Waals surface area (Å²) in [7, 11) is 0. The van der Waals surface area contributed by atoms with Crippen LogP contribution in [0, 0.1) is 0 Å². The van der Waals surface area contributed by atoms with Crippen LogP contribution >= 0.6 is 0 Å². The molecule has 1 saturated heterocycles. The number of nitrogens with two attached hydrogens (primary N) is 1. The lowest BCUT2D eigenvalue weighted by molar-refractivity contribution is 0.0244. The van der Waals surface area contributed by atoms with Crippen LogP contribution in [-0.4, -0.2) is 47.4 Å². The van der Waals surface area contributed by atoms with Gasteiger partial charge in [0.25, 0.3) is 5.91 Å². The number of amides is 2. The number of primary amides is 1. The monoisotopic (exact) mass is 388 g/mol. The van der Waals surface area contributed by atoms with E-state index in [9.17, 15) is 14.0 Å². The average Bonchev–Trinajstić information content (AvgIpc) is 2.68. The summed E-state index contributed by atoms with van der Waals surface area (Å²) in [5.41, 5.74) is 6.47. The molecule has 3 rings (SSSR count). The van der Waals surface area contributed by atoms with E-state index in [1.165, 1.54) is 12.1 Å². The molecule has 0 aromatic heterocycles. The molecular formula is C20H21FN2O5. The number of halogens is 1. The Hall–Kier alpha value is -3.29. The third-order valence-electron chi connectivity index (χ3n) is 4.50. The lowest BCUT2D eigenvalue weighted by atomic mass is 10.1. The summed E-state index contributed by atoms with van der Waals surface area (Å²) in [6.45, 7) is 0.186. The number of hydrogen-bond donors (Lipinski definition) is 2. The Morgan fingerprint density at radius 3 is 2.61 bits per heavy atom. The second kappa shape index (κ2) is 8.60. The number of alkyl halides is 1. The summed E-state index contributed by atoms with van der Waals surface area (Å²) < 4.78 is 25.8. The summed E-state index contributed by atoms with van der Waals surface area (Å²) in [5, 5.41) is 8.98. The highest BCUT2D eigenvalue weighted by molar-refractivity contribution is 5.95. The fraction of sp³-hybridized carbons (Fsp3) is 0.300. The second-order valence-corrected chi connectivity index (χ2v) is 6.49. The maximum absolute atomic E-state index is 14.4. The molecule has 0 saturated carbocycles. The van der Waals surface area contributed by atoms with Crippen LogP contribution in [0.5, 0.6) is 11.5 Å². The highest BCUT2D eigenvalue weighted by atomic mass is 19.1. The van der Waals surface area contributed by atoms with Crippen LogP contribution < -0.4 is 15.2 Å². The van der Waals surface area contributed by atoms with E-state index in [1.807, 2.05) is 30.3 Å². The summed E-state index contributed by atoms with van der Waals surface area (Å²) in [6, 6.07) is 14.1. The van der Waals surface area contributed by atoms with Gasteiger partial charge in [-0.3, -0.25) is 4.79 Å². The lowest BCUT2D eigenvalue weighted by Gasteiger charge is -2.33. The normalized spacial score (nSPS) is 19.1. The molecule has 148 valence electrons. The number of hydrogen-bond acceptors (Lipinski definition) is 4. The van der Waals surface area contributed by atoms with Crippen molar-refractivity contribution in [3.8, 4) is 11.5 Å². The molecule has 0 aliphatic carbocycles. The van der Waals surface area contributed by atoms with Crippen molar-refractivity contribution in [2.24, 2.45) is 5.73 Å². The second-order valence-electron chi connectivity index (χ2n) is 6.49. The summed E-state index contributed by atoms with van der Waals surface area (Å²) in [4.78, 5) is 23.7. The van der Waals surface area contributed by atoms with Crippen LogP contribution in [0.15, 0.2) is 48.5 Å². The molecule has 2 aromatic carbocycles. The van der Waals surface area contributed by atoms with Gasteiger partial charge in [0.2, 0.25) is 0 Å². The standard InChI is InChI=1S/C20H21FN2O5/c21-16-11-23(20(25)26)9-8-17(16)28-18-10-14(6-7-15(18)19(22)24)27-12-13-4-2-1-3-5-13/h1-7,10,16-17H,8-9,11-12H2,(H2,22,24)(H,25,26)/t16-,17-/m0/s1. The van der Waals surface area contributed by atoms with E-state index in [2.05, 4.69) is 0 Å². The van der Waals surface area contributed by atoms with Crippen molar-refractivity contribution in [3.05, 3.63) is 59.7 Å². The number of piperidine rings is 1. The predicted octanol–water partition coefficient (Wildman–Crippen LogP) is 2.83. The van der Waals surface area contributed by atoms with Crippen LogP contribution in [0.4, 0.5) is 9.18 Å². The molecule has 1 aliphatic rings. The van der Waals surface area contributed by atoms with Crippen molar-refractivity contribution in [1.82, 2.24) is 4.90 Å². The number of carbonyl (C=O) groups is 2. The summed E-state index contributed by atoms with van der Waals surface area (Å²) in [5.74, 6) is -0.139. The van der Waals surface area contributed by atoms with Crippen molar-refractivity contribution in [1.29, 1.82) is 0 Å². The fourth-order valence-corrected chi connectivity index (χ4v) is 2.99. The van der Waals surface area contributed by atoms with E-state index in [0.29, 0.717) is 12.4 Å². The van der Waals surface area contributed by atoms with E-state index in [0.717, 1.165) is 10.5 Å². The number of ether oxygens (including phenoxy) is 2. The van der Waals surface area contributed by atoms with E-state index in [4.69, 9.17) is 20.3 Å². The molecule has 7 nitrogen and oxygen atoms in total. The first-order chi connectivity index (χ1) is 13.4. The average molecular weight is 388 g/mol. The number of likely N-dealkylation sites (tertiary alicyclic amines) is 1. The van der Waals surface area contributed by atoms with Crippen LogP contribution in [0.2, 0.25) is 0 Å². The molecule has 1 aliphatic heterocycles. The molecule has 2 aromatic rings. The van der Waals surface area contributed by atoms with Crippen LogP contribution in [0.1, 0.15) is 22.3 Å². The molecular weight excluding hydrogens is 367 g/mol. The number of nitrogens with zero attached hydrogens (tertiary/aromatic N) is 1. The molecule has 0 unspecified atom stereocenters. The number of carboxylic acid groups (broad SMARTS) is 1. The number of carbonyl (C=O) groups excluding carboxylic acids is 1. The number of benzene rings is 2. The Balaban J connectivity index is 1.73. The molecule has 28 heavy (non-hydrogen) atoms. The topological polar surface area (TPSA) is 102 Å². The maximum atomic E-state index is 14.4. The van der Waals surface area contributed by atoms with Crippen molar-refractivity contribution in [2.45, 2.75) is 25.3 Å². The number of rotatable bonds is 6. The van der Waals surface area contributed by atoms with Gasteiger partial charge in [-0.1, -0.05) is 30.3 Å². The molecule has 0 bridgehead atoms. The van der Waals surface area contributed by atoms with Crippen LogP contribution in [-0.2, 0) is 6.61 Å². The van der Waals surface area contributed by atoms with Crippen LogP contribution in [0.3, 0.4) is 0 Å². The van der Waals surface area contributed by atoms with Crippen LogP contribution in [0.25, 0.3) is 0 Å². The van der Waals surface area contributed by atoms with Crippen molar-refractivity contribution >= 4 is 12.0 Å². The van der Waals surface area contributed by atoms with Gasteiger partial charge >= 0.3 is 6.09 Å².